The van der Waals surface area contributed by atoms with Crippen molar-refractivity contribution < 1.29 is 4.74 Å². The Morgan fingerprint density at radius 3 is 2.12 bits per heavy atom. The molecule has 1 nitrogen and oxygen atoms in total. The van der Waals surface area contributed by atoms with Crippen molar-refractivity contribution in [3.05, 3.63) is 24.0 Å². The van der Waals surface area contributed by atoms with Crippen LogP contribution < -0.4 is 0 Å². The van der Waals surface area contributed by atoms with Crippen LogP contribution in [0, 0.1) is 0 Å². The summed E-state index contributed by atoms with van der Waals surface area (Å²) in [6, 6.07) is 0. The monoisotopic (exact) mass is 112 g/mol. The third-order valence-electron chi connectivity index (χ3n) is 1.17. The molecule has 0 atom stereocenters. The highest BCUT2D eigenvalue weighted by Crippen LogP contribution is 2.02. The zero-order chi connectivity index (χ0) is 6.57. The van der Waals surface area contributed by atoms with Gasteiger partial charge in [-0.25, -0.2) is 0 Å². The van der Waals surface area contributed by atoms with Gasteiger partial charge in [-0.2, -0.15) is 0 Å². The zero-order valence-corrected chi connectivity index (χ0v) is 5.69. The first-order chi connectivity index (χ1) is 3.72. The summed E-state index contributed by atoms with van der Waals surface area (Å²) >= 11 is 0. The quantitative estimate of drug-likeness (QED) is 0.392. The lowest BCUT2D eigenvalue weighted by atomic mass is 10.3. The molecule has 0 N–H and O–H groups in total. The average Bonchev–Trinajstić information content (AvgIpc) is 1.84. The molecule has 0 radical (unpaired) electrons. The normalized spacial score (nSPS) is 12.4. The van der Waals surface area contributed by atoms with Gasteiger partial charge in [0, 0.05) is 0 Å². The van der Waals surface area contributed by atoms with Gasteiger partial charge < -0.3 is 4.74 Å². The van der Waals surface area contributed by atoms with E-state index in [-0.39, 0.29) is 0 Å². The Labute approximate surface area is 50.7 Å². The molecule has 0 aromatic carbocycles. The first kappa shape index (κ1) is 7.28. The van der Waals surface area contributed by atoms with E-state index in [2.05, 4.69) is 6.58 Å². The number of hydrogen-bond acceptors (Lipinski definition) is 1. The van der Waals surface area contributed by atoms with E-state index in [1.54, 1.807) is 13.2 Å². The molecule has 0 heterocycles. The Morgan fingerprint density at radius 1 is 1.50 bits per heavy atom. The predicted octanol–water partition coefficient (Wildman–Crippen LogP) is 2.11. The highest BCUT2D eigenvalue weighted by Gasteiger charge is 1.86. The fraction of sp³-hybridized carbons (Fsp3) is 0.429. The molecule has 0 unspecified atom stereocenters. The molecule has 0 amide bonds. The van der Waals surface area contributed by atoms with Crippen LogP contribution in [0.3, 0.4) is 0 Å². The Bertz CT molecular complexity index is 112. The van der Waals surface area contributed by atoms with Gasteiger partial charge in [-0.15, -0.1) is 0 Å². The van der Waals surface area contributed by atoms with E-state index in [1.165, 1.54) is 0 Å². The second-order valence-corrected chi connectivity index (χ2v) is 1.65. The topological polar surface area (TPSA) is 9.23 Å². The van der Waals surface area contributed by atoms with Crippen molar-refractivity contribution in [1.29, 1.82) is 0 Å². The molecule has 0 bridgehead atoms. The largest absolute Gasteiger partial charge is 0.501 e. The van der Waals surface area contributed by atoms with E-state index in [0.717, 1.165) is 11.3 Å². The van der Waals surface area contributed by atoms with Gasteiger partial charge in [-0.1, -0.05) is 12.7 Å². The smallest absolute Gasteiger partial charge is 0.0953 e. The maximum Gasteiger partial charge on any atom is 0.0953 e. The van der Waals surface area contributed by atoms with E-state index in [9.17, 15) is 0 Å². The van der Waals surface area contributed by atoms with Gasteiger partial charge in [0.25, 0.3) is 0 Å². The van der Waals surface area contributed by atoms with Crippen LogP contribution in [0.2, 0.25) is 0 Å². The van der Waals surface area contributed by atoms with Gasteiger partial charge in [0.1, 0.15) is 0 Å². The van der Waals surface area contributed by atoms with Crippen LogP contribution in [0.15, 0.2) is 24.0 Å². The molecule has 0 rings (SSSR count). The van der Waals surface area contributed by atoms with Gasteiger partial charge >= 0.3 is 0 Å². The van der Waals surface area contributed by atoms with Crippen LogP contribution >= 0.6 is 0 Å². The lowest BCUT2D eigenvalue weighted by molar-refractivity contribution is 0.290. The number of ether oxygens (including phenoxy) is 1. The van der Waals surface area contributed by atoms with E-state index in [1.807, 2.05) is 13.8 Å². The van der Waals surface area contributed by atoms with Crippen LogP contribution in [0.5, 0.6) is 0 Å². The summed E-state index contributed by atoms with van der Waals surface area (Å²) in [7, 11) is 1.66. The predicted molar refractivity (Wildman–Crippen MR) is 35.6 cm³/mol. The molecule has 0 saturated heterocycles. The van der Waals surface area contributed by atoms with Gasteiger partial charge in [0.2, 0.25) is 0 Å². The lowest BCUT2D eigenvalue weighted by Crippen LogP contribution is -1.81. The third kappa shape index (κ3) is 1.82. The molecule has 0 spiro atoms. The molecule has 0 aliphatic carbocycles. The fourth-order valence-electron chi connectivity index (χ4n) is 0.305. The molecule has 0 saturated carbocycles. The minimum absolute atomic E-state index is 0.931. The summed E-state index contributed by atoms with van der Waals surface area (Å²) in [5.74, 6) is 0.931. The van der Waals surface area contributed by atoms with Crippen molar-refractivity contribution in [2.75, 3.05) is 7.11 Å². The van der Waals surface area contributed by atoms with Crippen molar-refractivity contribution in [3.8, 4) is 0 Å². The van der Waals surface area contributed by atoms with E-state index >= 15 is 0 Å². The highest BCUT2D eigenvalue weighted by atomic mass is 16.5. The van der Waals surface area contributed by atoms with E-state index in [4.69, 9.17) is 4.74 Å². The van der Waals surface area contributed by atoms with Crippen molar-refractivity contribution in [2.24, 2.45) is 0 Å². The summed E-state index contributed by atoms with van der Waals surface area (Å²) in [6.07, 6.45) is 1.78. The molecule has 1 heteroatoms. The standard InChI is InChI=1S/C7H12O/c1-5-6(2)7(3)8-4/h5H,1H2,2-4H3. The first-order valence-electron chi connectivity index (χ1n) is 2.56. The number of rotatable bonds is 2. The van der Waals surface area contributed by atoms with Crippen LogP contribution in [0.1, 0.15) is 13.8 Å². The summed E-state index contributed by atoms with van der Waals surface area (Å²) in [5, 5.41) is 0. The minimum Gasteiger partial charge on any atom is -0.501 e. The summed E-state index contributed by atoms with van der Waals surface area (Å²) in [4.78, 5) is 0. The highest BCUT2D eigenvalue weighted by molar-refractivity contribution is 5.15. The summed E-state index contributed by atoms with van der Waals surface area (Å²) in [5.41, 5.74) is 1.09. The Kier molecular flexibility index (Phi) is 3.01. The maximum absolute atomic E-state index is 4.91. The first-order valence-corrected chi connectivity index (χ1v) is 2.56. The molecule has 8 heavy (non-hydrogen) atoms. The van der Waals surface area contributed by atoms with Gasteiger partial charge in [-0.3, -0.25) is 0 Å². The van der Waals surface area contributed by atoms with Gasteiger partial charge in [0.05, 0.1) is 12.9 Å². The van der Waals surface area contributed by atoms with Crippen LogP contribution in [-0.2, 0) is 4.74 Å². The van der Waals surface area contributed by atoms with Crippen molar-refractivity contribution in [1.82, 2.24) is 0 Å². The van der Waals surface area contributed by atoms with E-state index < -0.39 is 0 Å². The molecular weight excluding hydrogens is 100 g/mol. The fourth-order valence-corrected chi connectivity index (χ4v) is 0.305. The maximum atomic E-state index is 4.91. The molecule has 46 valence electrons. The number of methoxy groups -OCH3 is 1. The van der Waals surface area contributed by atoms with Crippen molar-refractivity contribution >= 4 is 0 Å². The van der Waals surface area contributed by atoms with Crippen molar-refractivity contribution in [2.45, 2.75) is 13.8 Å². The van der Waals surface area contributed by atoms with Crippen LogP contribution in [0.4, 0.5) is 0 Å². The third-order valence-corrected chi connectivity index (χ3v) is 1.17. The second kappa shape index (κ2) is 3.30. The minimum atomic E-state index is 0.931. The SMILES string of the molecule is C=CC(C)=C(C)OC. The molecule has 0 aliphatic heterocycles. The summed E-state index contributed by atoms with van der Waals surface area (Å²) in [6.45, 7) is 7.47. The van der Waals surface area contributed by atoms with Crippen LogP contribution in [0.25, 0.3) is 0 Å². The molecule has 0 aliphatic rings. The molecular formula is C7H12O. The molecule has 0 aromatic rings. The summed E-state index contributed by atoms with van der Waals surface area (Å²) < 4.78 is 4.91. The molecule has 0 fully saturated rings. The van der Waals surface area contributed by atoms with Gasteiger partial charge in [-0.05, 0) is 19.4 Å². The lowest BCUT2D eigenvalue weighted by Gasteiger charge is -1.99. The second-order valence-electron chi connectivity index (χ2n) is 1.65. The number of hydrogen-bond donors (Lipinski definition) is 0. The Morgan fingerprint density at radius 2 is 2.00 bits per heavy atom. The number of allylic oxidation sites excluding steroid dienone is 3. The van der Waals surface area contributed by atoms with Gasteiger partial charge in [0.15, 0.2) is 0 Å². The average molecular weight is 112 g/mol. The molecule has 0 aromatic heterocycles. The zero-order valence-electron chi connectivity index (χ0n) is 5.69. The Hall–Kier alpha value is -0.720. The van der Waals surface area contributed by atoms with Crippen LogP contribution in [-0.4, -0.2) is 7.11 Å². The van der Waals surface area contributed by atoms with E-state index in [0.29, 0.717) is 0 Å². The van der Waals surface area contributed by atoms with Crippen molar-refractivity contribution in [3.63, 3.8) is 0 Å². The Balaban J connectivity index is 4.03.